The molecule has 0 aromatic carbocycles. The monoisotopic (exact) mass is 435 g/mol. The molecule has 16 heteroatoms. The van der Waals surface area contributed by atoms with Crippen LogP contribution in [0.4, 0.5) is 57.1 Å². The zero-order valence-corrected chi connectivity index (χ0v) is 13.0. The second kappa shape index (κ2) is 6.55. The third-order valence-corrected chi connectivity index (χ3v) is 3.28. The van der Waals surface area contributed by atoms with Crippen LogP contribution < -0.4 is 5.32 Å². The lowest BCUT2D eigenvalue weighted by Gasteiger charge is -2.40. The summed E-state index contributed by atoms with van der Waals surface area (Å²) in [5, 5.41) is 10.7. The number of nitrogens with one attached hydrogen (secondary N) is 1. The van der Waals surface area contributed by atoms with E-state index in [2.05, 4.69) is 0 Å². The van der Waals surface area contributed by atoms with E-state index in [1.807, 2.05) is 0 Å². The Morgan fingerprint density at radius 2 is 1.07 bits per heavy atom. The molecule has 1 atom stereocenters. The van der Waals surface area contributed by atoms with Gasteiger partial charge in [0, 0.05) is 7.05 Å². The first-order valence-corrected chi connectivity index (χ1v) is 6.34. The molecule has 0 aliphatic rings. The standard InChI is InChI=1S/C11H10F13NO2/c1-5(27,4(26)25-2)3-6(12,13)7(14,15)8(16,17)9(18,19)10(20,21)11(22,23)24/h27H,3H2,1-2H3,(H,25,26). The van der Waals surface area contributed by atoms with Gasteiger partial charge in [-0.25, -0.2) is 0 Å². The molecule has 0 aromatic heterocycles. The molecule has 0 rings (SSSR count). The highest BCUT2D eigenvalue weighted by atomic mass is 19.4. The Hall–Kier alpha value is -1.48. The Morgan fingerprint density at radius 1 is 0.741 bits per heavy atom. The number of carbonyl (C=O) groups excluding carboxylic acids is 1. The van der Waals surface area contributed by atoms with Crippen molar-refractivity contribution in [2.24, 2.45) is 0 Å². The number of likely N-dealkylation sites (N-methyl/N-ethyl adjacent to an activating group) is 1. The molecule has 2 N–H and O–H groups in total. The van der Waals surface area contributed by atoms with Crippen molar-refractivity contribution in [3.63, 3.8) is 0 Å². The van der Waals surface area contributed by atoms with Crippen LogP contribution in [0, 0.1) is 0 Å². The fourth-order valence-corrected chi connectivity index (χ4v) is 1.69. The lowest BCUT2D eigenvalue weighted by Crippen LogP contribution is -2.70. The van der Waals surface area contributed by atoms with E-state index >= 15 is 0 Å². The average Bonchev–Trinajstić information content (AvgIpc) is 2.42. The summed E-state index contributed by atoms with van der Waals surface area (Å²) in [5.41, 5.74) is -3.61. The topological polar surface area (TPSA) is 49.3 Å². The number of hydrogen-bond acceptors (Lipinski definition) is 2. The second-order valence-electron chi connectivity index (χ2n) is 5.53. The van der Waals surface area contributed by atoms with E-state index in [-0.39, 0.29) is 6.92 Å². The van der Waals surface area contributed by atoms with Gasteiger partial charge in [-0.2, -0.15) is 57.1 Å². The minimum atomic E-state index is -8.02. The van der Waals surface area contributed by atoms with Gasteiger partial charge in [0.25, 0.3) is 5.91 Å². The molecular formula is C11H10F13NO2. The van der Waals surface area contributed by atoms with E-state index in [1.54, 1.807) is 0 Å². The minimum absolute atomic E-state index is 0.0520. The third-order valence-electron chi connectivity index (χ3n) is 3.28. The molecule has 1 amide bonds. The molecule has 0 aromatic rings. The van der Waals surface area contributed by atoms with Crippen LogP contribution in [0.5, 0.6) is 0 Å². The first kappa shape index (κ1) is 25.5. The van der Waals surface area contributed by atoms with Crippen LogP contribution in [0.25, 0.3) is 0 Å². The van der Waals surface area contributed by atoms with Gasteiger partial charge in [-0.1, -0.05) is 0 Å². The van der Waals surface area contributed by atoms with Crippen LogP contribution in [0.1, 0.15) is 13.3 Å². The molecule has 0 bridgehead atoms. The average molecular weight is 435 g/mol. The van der Waals surface area contributed by atoms with Gasteiger partial charge >= 0.3 is 35.8 Å². The number of aliphatic hydroxyl groups is 1. The minimum Gasteiger partial charge on any atom is -0.380 e. The SMILES string of the molecule is CNC(=O)C(C)(O)CC(F)(F)C(F)(F)C(F)(F)C(F)(F)C(F)(F)C(F)(F)F. The highest BCUT2D eigenvalue weighted by molar-refractivity contribution is 5.84. The lowest BCUT2D eigenvalue weighted by molar-refractivity contribution is -0.441. The van der Waals surface area contributed by atoms with Gasteiger partial charge in [-0.3, -0.25) is 4.79 Å². The van der Waals surface area contributed by atoms with Crippen LogP contribution in [0.15, 0.2) is 0 Å². The van der Waals surface area contributed by atoms with Crippen LogP contribution in [0.3, 0.4) is 0 Å². The smallest absolute Gasteiger partial charge is 0.380 e. The Kier molecular flexibility index (Phi) is 6.19. The molecule has 0 radical (unpaired) electrons. The quantitative estimate of drug-likeness (QED) is 0.601. The molecule has 0 saturated carbocycles. The first-order chi connectivity index (χ1) is 11.4. The van der Waals surface area contributed by atoms with E-state index in [0.29, 0.717) is 7.05 Å². The van der Waals surface area contributed by atoms with Crippen molar-refractivity contribution in [2.75, 3.05) is 7.05 Å². The van der Waals surface area contributed by atoms with Crippen molar-refractivity contribution in [1.29, 1.82) is 0 Å². The van der Waals surface area contributed by atoms with Crippen LogP contribution in [-0.2, 0) is 4.79 Å². The van der Waals surface area contributed by atoms with E-state index < -0.39 is 53.7 Å². The number of alkyl halides is 13. The Bertz CT molecular complexity index is 567. The van der Waals surface area contributed by atoms with Gasteiger partial charge in [0.05, 0.1) is 6.42 Å². The van der Waals surface area contributed by atoms with Gasteiger partial charge in [0.15, 0.2) is 0 Å². The summed E-state index contributed by atoms with van der Waals surface area (Å²) in [5.74, 6) is -39.8. The Balaban J connectivity index is 6.28. The number of hydrogen-bond donors (Lipinski definition) is 2. The Labute approximate surface area is 141 Å². The number of halogens is 13. The van der Waals surface area contributed by atoms with Crippen molar-refractivity contribution in [2.45, 2.75) is 54.7 Å². The molecule has 0 aliphatic carbocycles. The molecule has 0 fully saturated rings. The Morgan fingerprint density at radius 3 is 1.37 bits per heavy atom. The van der Waals surface area contributed by atoms with E-state index in [1.165, 1.54) is 5.32 Å². The molecule has 0 aliphatic heterocycles. The number of rotatable bonds is 7. The fraction of sp³-hybridized carbons (Fsp3) is 0.909. The van der Waals surface area contributed by atoms with Gasteiger partial charge in [0.2, 0.25) is 0 Å². The largest absolute Gasteiger partial charge is 0.460 e. The van der Waals surface area contributed by atoms with Crippen molar-refractivity contribution in [1.82, 2.24) is 5.32 Å². The predicted molar refractivity (Wildman–Crippen MR) is 60.1 cm³/mol. The highest BCUT2D eigenvalue weighted by Crippen LogP contribution is 2.61. The van der Waals surface area contributed by atoms with Crippen LogP contribution >= 0.6 is 0 Å². The lowest BCUT2D eigenvalue weighted by atomic mass is 9.87. The van der Waals surface area contributed by atoms with Crippen molar-refractivity contribution < 1.29 is 67.0 Å². The van der Waals surface area contributed by atoms with Crippen LogP contribution in [-0.4, -0.2) is 59.5 Å². The van der Waals surface area contributed by atoms with Gasteiger partial charge in [0.1, 0.15) is 5.60 Å². The first-order valence-electron chi connectivity index (χ1n) is 6.34. The van der Waals surface area contributed by atoms with E-state index in [9.17, 15) is 67.0 Å². The molecule has 0 saturated heterocycles. The fourth-order valence-electron chi connectivity index (χ4n) is 1.69. The summed E-state index contributed by atoms with van der Waals surface area (Å²) >= 11 is 0. The molecule has 3 nitrogen and oxygen atoms in total. The van der Waals surface area contributed by atoms with Crippen molar-refractivity contribution >= 4 is 5.91 Å². The van der Waals surface area contributed by atoms with Gasteiger partial charge in [-0.15, -0.1) is 0 Å². The van der Waals surface area contributed by atoms with Crippen molar-refractivity contribution in [3.8, 4) is 0 Å². The summed E-state index contributed by atoms with van der Waals surface area (Å²) in [6.07, 6.45) is -10.5. The molecule has 0 heterocycles. The summed E-state index contributed by atoms with van der Waals surface area (Å²) in [6, 6.07) is 0. The summed E-state index contributed by atoms with van der Waals surface area (Å²) in [4.78, 5) is 11.0. The summed E-state index contributed by atoms with van der Waals surface area (Å²) in [7, 11) is 0.653. The third kappa shape index (κ3) is 3.76. The predicted octanol–water partition coefficient (Wildman–Crippen LogP) is 3.61. The highest BCUT2D eigenvalue weighted by Gasteiger charge is 2.90. The van der Waals surface area contributed by atoms with Gasteiger partial charge < -0.3 is 10.4 Å². The number of carbonyl (C=O) groups is 1. The maximum Gasteiger partial charge on any atom is 0.460 e. The maximum atomic E-state index is 13.5. The van der Waals surface area contributed by atoms with Gasteiger partial charge in [-0.05, 0) is 6.92 Å². The molecule has 0 spiro atoms. The molecule has 1 unspecified atom stereocenters. The molecular weight excluding hydrogens is 425 g/mol. The summed E-state index contributed by atoms with van der Waals surface area (Å²) < 4.78 is 167. The second-order valence-corrected chi connectivity index (χ2v) is 5.53. The van der Waals surface area contributed by atoms with E-state index in [0.717, 1.165) is 0 Å². The zero-order valence-electron chi connectivity index (χ0n) is 13.0. The normalized spacial score (nSPS) is 17.5. The number of amides is 1. The van der Waals surface area contributed by atoms with Crippen molar-refractivity contribution in [3.05, 3.63) is 0 Å². The molecule has 27 heavy (non-hydrogen) atoms. The summed E-state index contributed by atoms with van der Waals surface area (Å²) in [6.45, 7) is 0.0520. The van der Waals surface area contributed by atoms with Crippen LogP contribution in [0.2, 0.25) is 0 Å². The molecule has 162 valence electrons. The van der Waals surface area contributed by atoms with E-state index in [4.69, 9.17) is 0 Å². The zero-order chi connectivity index (χ0) is 22.5. The maximum absolute atomic E-state index is 13.5.